The van der Waals surface area contributed by atoms with Gasteiger partial charge in [-0.05, 0) is 24.3 Å². The van der Waals surface area contributed by atoms with Gasteiger partial charge in [-0.3, -0.25) is 0 Å². The van der Waals surface area contributed by atoms with Crippen LogP contribution in [0.15, 0.2) is 12.3 Å². The number of nitrogens with zero attached hydrogens (tertiary/aromatic N) is 4. The lowest BCUT2D eigenvalue weighted by Crippen LogP contribution is -2.57. The number of aromatic nitrogens is 2. The highest BCUT2D eigenvalue weighted by atomic mass is 32.2. The number of hydrogen-bond acceptors (Lipinski definition) is 7. The highest BCUT2D eigenvalue weighted by molar-refractivity contribution is 7.91. The lowest BCUT2D eigenvalue weighted by molar-refractivity contribution is 0.278. The minimum Gasteiger partial charge on any atom is -0.350 e. The molecule has 0 saturated carbocycles. The minimum absolute atomic E-state index is 0.00736. The summed E-state index contributed by atoms with van der Waals surface area (Å²) in [7, 11) is -2.97. The molecule has 0 bridgehead atoms. The van der Waals surface area contributed by atoms with E-state index in [0.29, 0.717) is 5.41 Å². The third-order valence-corrected chi connectivity index (χ3v) is 7.52. The molecule has 0 unspecified atom stereocenters. The molecule has 0 amide bonds. The van der Waals surface area contributed by atoms with Gasteiger partial charge in [0.05, 0.1) is 17.5 Å². The first-order chi connectivity index (χ1) is 11.8. The molecule has 0 spiro atoms. The lowest BCUT2D eigenvalue weighted by Gasteiger charge is -2.39. The van der Waals surface area contributed by atoms with Crippen molar-refractivity contribution in [3.05, 3.63) is 12.3 Å². The maximum Gasteiger partial charge on any atom is 0.227 e. The van der Waals surface area contributed by atoms with Crippen LogP contribution < -0.4 is 15.1 Å². The van der Waals surface area contributed by atoms with E-state index in [2.05, 4.69) is 33.9 Å². The summed E-state index contributed by atoms with van der Waals surface area (Å²) in [6, 6.07) is 1.89. The van der Waals surface area contributed by atoms with E-state index < -0.39 is 9.84 Å². The Balaban J connectivity index is 1.55. The van der Waals surface area contributed by atoms with Crippen molar-refractivity contribution in [2.24, 2.45) is 5.41 Å². The van der Waals surface area contributed by atoms with Crippen LogP contribution in [0.25, 0.3) is 0 Å². The molecule has 0 aliphatic carbocycles. The van der Waals surface area contributed by atoms with Crippen LogP contribution in [0.4, 0.5) is 11.8 Å². The molecule has 25 heavy (non-hydrogen) atoms. The molecule has 8 heteroatoms. The summed E-state index contributed by atoms with van der Waals surface area (Å²) < 4.78 is 24.1. The Labute approximate surface area is 149 Å². The van der Waals surface area contributed by atoms with Crippen LogP contribution in [-0.4, -0.2) is 68.2 Å². The molecule has 2 atom stereocenters. The van der Waals surface area contributed by atoms with E-state index in [0.717, 1.165) is 50.8 Å². The number of rotatable bonds is 2. The van der Waals surface area contributed by atoms with Gasteiger partial charge in [-0.1, -0.05) is 13.8 Å². The van der Waals surface area contributed by atoms with Gasteiger partial charge < -0.3 is 15.1 Å². The van der Waals surface area contributed by atoms with Gasteiger partial charge in [0.15, 0.2) is 9.84 Å². The fraction of sp³-hybridized carbons (Fsp3) is 0.765. The molecule has 4 heterocycles. The predicted octanol–water partition coefficient (Wildman–Crippen LogP) is 0.678. The summed E-state index contributed by atoms with van der Waals surface area (Å²) in [6.07, 6.45) is 4.08. The Bertz CT molecular complexity index is 741. The van der Waals surface area contributed by atoms with Crippen molar-refractivity contribution < 1.29 is 8.42 Å². The van der Waals surface area contributed by atoms with Crippen molar-refractivity contribution in [3.8, 4) is 0 Å². The van der Waals surface area contributed by atoms with Crippen LogP contribution in [-0.2, 0) is 9.84 Å². The second-order valence-corrected chi connectivity index (χ2v) is 10.4. The van der Waals surface area contributed by atoms with E-state index in [1.54, 1.807) is 6.20 Å². The first kappa shape index (κ1) is 17.0. The van der Waals surface area contributed by atoms with Gasteiger partial charge in [0.1, 0.15) is 5.82 Å². The average molecular weight is 366 g/mol. The first-order valence-corrected chi connectivity index (χ1v) is 10.9. The van der Waals surface area contributed by atoms with Crippen LogP contribution in [0, 0.1) is 5.41 Å². The fourth-order valence-electron chi connectivity index (χ4n) is 4.12. The molecule has 1 N–H and O–H groups in total. The van der Waals surface area contributed by atoms with Gasteiger partial charge in [-0.15, -0.1) is 0 Å². The topological polar surface area (TPSA) is 78.4 Å². The number of hydrogen-bond donors (Lipinski definition) is 1. The van der Waals surface area contributed by atoms with E-state index in [4.69, 9.17) is 4.98 Å². The molecule has 0 aromatic carbocycles. The Hall–Kier alpha value is -1.41. The molecular formula is C17H27N5O2S. The van der Waals surface area contributed by atoms with Gasteiger partial charge >= 0.3 is 0 Å². The van der Waals surface area contributed by atoms with Gasteiger partial charge in [0.2, 0.25) is 5.95 Å². The number of fused-ring (bicyclic) bond motifs is 1. The SMILES string of the molecule is CC1(C)CCN(c2nccc(N3CCN[C@@H]4CS(=O)(=O)C[C@@H]43)n2)CC1. The largest absolute Gasteiger partial charge is 0.350 e. The molecule has 0 radical (unpaired) electrons. The number of sulfone groups is 1. The van der Waals surface area contributed by atoms with Gasteiger partial charge in [-0.2, -0.15) is 4.98 Å². The number of anilines is 2. The Morgan fingerprint density at radius 1 is 1.20 bits per heavy atom. The maximum absolute atomic E-state index is 12.0. The summed E-state index contributed by atoms with van der Waals surface area (Å²) in [4.78, 5) is 13.7. The minimum atomic E-state index is -2.97. The molecule has 7 nitrogen and oxygen atoms in total. The Morgan fingerprint density at radius 3 is 2.72 bits per heavy atom. The Morgan fingerprint density at radius 2 is 1.96 bits per heavy atom. The van der Waals surface area contributed by atoms with Crippen LogP contribution in [0.5, 0.6) is 0 Å². The zero-order valence-corrected chi connectivity index (χ0v) is 15.8. The van der Waals surface area contributed by atoms with E-state index in [9.17, 15) is 8.42 Å². The fourth-order valence-corrected chi connectivity index (χ4v) is 6.07. The summed E-state index contributed by atoms with van der Waals surface area (Å²) in [5, 5.41) is 3.35. The van der Waals surface area contributed by atoms with Crippen LogP contribution in [0.1, 0.15) is 26.7 Å². The second kappa shape index (κ2) is 6.09. The monoisotopic (exact) mass is 365 g/mol. The normalized spacial score (nSPS) is 31.0. The molecule has 3 saturated heterocycles. The Kier molecular flexibility index (Phi) is 4.15. The second-order valence-electron chi connectivity index (χ2n) is 8.26. The van der Waals surface area contributed by atoms with Crippen molar-refractivity contribution in [2.45, 2.75) is 38.8 Å². The first-order valence-electron chi connectivity index (χ1n) is 9.11. The van der Waals surface area contributed by atoms with E-state index in [1.165, 1.54) is 0 Å². The van der Waals surface area contributed by atoms with Gasteiger partial charge in [0, 0.05) is 38.4 Å². The molecule has 138 valence electrons. The van der Waals surface area contributed by atoms with E-state index >= 15 is 0 Å². The van der Waals surface area contributed by atoms with Gasteiger partial charge in [0.25, 0.3) is 0 Å². The molecule has 1 aromatic rings. The summed E-state index contributed by atoms with van der Waals surface area (Å²) in [6.45, 7) is 8.12. The third-order valence-electron chi connectivity index (χ3n) is 5.80. The molecular weight excluding hydrogens is 338 g/mol. The highest BCUT2D eigenvalue weighted by Gasteiger charge is 2.43. The molecule has 4 rings (SSSR count). The highest BCUT2D eigenvalue weighted by Crippen LogP contribution is 2.32. The number of piperazine rings is 1. The smallest absolute Gasteiger partial charge is 0.227 e. The van der Waals surface area contributed by atoms with Crippen molar-refractivity contribution in [3.63, 3.8) is 0 Å². The van der Waals surface area contributed by atoms with Gasteiger partial charge in [-0.25, -0.2) is 13.4 Å². The van der Waals surface area contributed by atoms with Crippen LogP contribution in [0.2, 0.25) is 0 Å². The van der Waals surface area contributed by atoms with Crippen LogP contribution >= 0.6 is 0 Å². The molecule has 1 aromatic heterocycles. The molecule has 3 aliphatic rings. The average Bonchev–Trinajstić information content (AvgIpc) is 2.88. The number of nitrogens with one attached hydrogen (secondary N) is 1. The zero-order chi connectivity index (χ0) is 17.7. The zero-order valence-electron chi connectivity index (χ0n) is 15.0. The quantitative estimate of drug-likeness (QED) is 0.825. The van der Waals surface area contributed by atoms with E-state index in [1.807, 2.05) is 6.07 Å². The maximum atomic E-state index is 12.0. The lowest BCUT2D eigenvalue weighted by atomic mass is 9.83. The van der Waals surface area contributed by atoms with Crippen molar-refractivity contribution in [1.82, 2.24) is 15.3 Å². The summed E-state index contributed by atoms with van der Waals surface area (Å²) in [5.74, 6) is 2.06. The van der Waals surface area contributed by atoms with Crippen molar-refractivity contribution in [2.75, 3.05) is 47.5 Å². The van der Waals surface area contributed by atoms with Crippen molar-refractivity contribution in [1.29, 1.82) is 0 Å². The predicted molar refractivity (Wildman–Crippen MR) is 98.8 cm³/mol. The summed E-state index contributed by atoms with van der Waals surface area (Å²) >= 11 is 0. The standard InChI is InChI=1S/C17H27N5O2S/c1-17(2)4-8-21(9-5-17)16-19-6-3-15(20-16)22-10-7-18-13-11-25(23,24)12-14(13)22/h3,6,13-14,18H,4-5,7-12H2,1-2H3/t13-,14+/m1/s1. The molecule has 3 aliphatic heterocycles. The van der Waals surface area contributed by atoms with E-state index in [-0.39, 0.29) is 23.6 Å². The summed E-state index contributed by atoms with van der Waals surface area (Å²) in [5.41, 5.74) is 0.387. The molecule has 3 fully saturated rings. The van der Waals surface area contributed by atoms with Crippen molar-refractivity contribution >= 4 is 21.6 Å². The third kappa shape index (κ3) is 3.46. The number of piperidine rings is 1. The van der Waals surface area contributed by atoms with Crippen LogP contribution in [0.3, 0.4) is 0 Å².